The van der Waals surface area contributed by atoms with Crippen molar-refractivity contribution in [1.29, 1.82) is 5.26 Å². The van der Waals surface area contributed by atoms with Gasteiger partial charge >= 0.3 is 0 Å². The van der Waals surface area contributed by atoms with Gasteiger partial charge in [0, 0.05) is 5.69 Å². The third-order valence-electron chi connectivity index (χ3n) is 5.14. The molecule has 0 saturated carbocycles. The summed E-state index contributed by atoms with van der Waals surface area (Å²) >= 11 is 1.16. The van der Waals surface area contributed by atoms with E-state index in [9.17, 15) is 19.2 Å². The van der Waals surface area contributed by atoms with E-state index in [1.165, 1.54) is 23.3 Å². The molecule has 0 spiro atoms. The number of aryl methyl sites for hydroxylation is 1. The molecule has 0 radical (unpaired) electrons. The maximum Gasteiger partial charge on any atom is 0.265 e. The molecule has 3 aromatic rings. The number of nitriles is 1. The van der Waals surface area contributed by atoms with Crippen LogP contribution in [0.4, 0.5) is 10.1 Å². The Kier molecular flexibility index (Phi) is 6.61. The number of anilines is 1. The highest BCUT2D eigenvalue weighted by Gasteiger charge is 2.40. The van der Waals surface area contributed by atoms with Crippen molar-refractivity contribution >= 4 is 29.3 Å². The van der Waals surface area contributed by atoms with Crippen LogP contribution in [0.2, 0.25) is 0 Å². The zero-order valence-electron chi connectivity index (χ0n) is 17.7. The first-order chi connectivity index (χ1) is 16.0. The molecule has 0 unspecified atom stereocenters. The Balaban J connectivity index is 1.67. The van der Waals surface area contributed by atoms with Crippen LogP contribution in [-0.4, -0.2) is 17.1 Å². The number of benzene rings is 2. The van der Waals surface area contributed by atoms with Crippen LogP contribution in [0.5, 0.6) is 0 Å². The Labute approximate surface area is 194 Å². The van der Waals surface area contributed by atoms with E-state index >= 15 is 0 Å². The second-order valence-electron chi connectivity index (χ2n) is 7.50. The number of carbonyl (C=O) groups excluding carboxylic acids is 2. The fraction of sp³-hybridized carbons (Fsp3) is 0.160. The second kappa shape index (κ2) is 9.76. The number of hydrogen-bond donors (Lipinski definition) is 1. The summed E-state index contributed by atoms with van der Waals surface area (Å²) in [6, 6.07) is 18.6. The predicted octanol–water partition coefficient (Wildman–Crippen LogP) is 4.47. The Bertz CT molecular complexity index is 1230. The molecule has 33 heavy (non-hydrogen) atoms. The maximum atomic E-state index is 13.4. The predicted molar refractivity (Wildman–Crippen MR) is 123 cm³/mol. The zero-order valence-corrected chi connectivity index (χ0v) is 18.6. The van der Waals surface area contributed by atoms with E-state index in [1.807, 2.05) is 25.1 Å². The van der Waals surface area contributed by atoms with Crippen LogP contribution < -0.4 is 10.2 Å². The number of amides is 2. The number of hydrogen-bond acceptors (Lipinski definition) is 5. The molecule has 2 amide bonds. The van der Waals surface area contributed by atoms with Gasteiger partial charge in [0.2, 0.25) is 5.91 Å². The quantitative estimate of drug-likeness (QED) is 0.432. The SMILES string of the molecule is Cc1ccc(N2C(=O)[C@H](Cc3ccc(F)cc3)S/C2=C(\C#N)C(=O)NCc2ccco2)cc1. The van der Waals surface area contributed by atoms with E-state index in [0.29, 0.717) is 17.9 Å². The van der Waals surface area contributed by atoms with E-state index in [-0.39, 0.29) is 28.9 Å². The molecule has 1 aromatic heterocycles. The summed E-state index contributed by atoms with van der Waals surface area (Å²) in [5.41, 5.74) is 2.22. The van der Waals surface area contributed by atoms with Gasteiger partial charge in [-0.25, -0.2) is 4.39 Å². The highest BCUT2D eigenvalue weighted by atomic mass is 32.2. The van der Waals surface area contributed by atoms with Crippen LogP contribution in [0.1, 0.15) is 16.9 Å². The van der Waals surface area contributed by atoms with E-state index in [2.05, 4.69) is 5.32 Å². The molecule has 1 fully saturated rings. The third-order valence-corrected chi connectivity index (χ3v) is 6.40. The Morgan fingerprint density at radius 2 is 1.91 bits per heavy atom. The standard InChI is InChI=1S/C25H20FN3O3S/c1-16-4-10-19(11-5-16)29-24(31)22(13-17-6-8-18(26)9-7-17)33-25(29)21(14-27)23(30)28-15-20-3-2-12-32-20/h2-12,22H,13,15H2,1H3,(H,28,30)/b25-21+/t22-/m0/s1. The van der Waals surface area contributed by atoms with Gasteiger partial charge in [-0.15, -0.1) is 0 Å². The summed E-state index contributed by atoms with van der Waals surface area (Å²) in [6.07, 6.45) is 1.83. The van der Waals surface area contributed by atoms with Gasteiger partial charge < -0.3 is 9.73 Å². The van der Waals surface area contributed by atoms with Crippen molar-refractivity contribution < 1.29 is 18.4 Å². The van der Waals surface area contributed by atoms with Crippen molar-refractivity contribution in [3.05, 3.63) is 100 Å². The maximum absolute atomic E-state index is 13.4. The van der Waals surface area contributed by atoms with Crippen LogP contribution in [0.25, 0.3) is 0 Å². The Morgan fingerprint density at radius 3 is 2.55 bits per heavy atom. The first-order valence-electron chi connectivity index (χ1n) is 10.2. The minimum atomic E-state index is -0.594. The highest BCUT2D eigenvalue weighted by molar-refractivity contribution is 8.05. The van der Waals surface area contributed by atoms with Crippen molar-refractivity contribution in [2.45, 2.75) is 25.1 Å². The van der Waals surface area contributed by atoms with E-state index < -0.39 is 11.2 Å². The molecule has 166 valence electrons. The molecule has 0 aliphatic carbocycles. The molecule has 1 aliphatic heterocycles. The van der Waals surface area contributed by atoms with Gasteiger partial charge in [0.1, 0.15) is 28.2 Å². The number of nitrogens with one attached hydrogen (secondary N) is 1. The fourth-order valence-corrected chi connectivity index (χ4v) is 4.73. The average Bonchev–Trinajstić information content (AvgIpc) is 3.44. The molecule has 1 saturated heterocycles. The van der Waals surface area contributed by atoms with Crippen LogP contribution in [-0.2, 0) is 22.6 Å². The molecule has 1 atom stereocenters. The first-order valence-corrected chi connectivity index (χ1v) is 11.1. The van der Waals surface area contributed by atoms with Gasteiger partial charge in [-0.3, -0.25) is 14.5 Å². The molecule has 6 nitrogen and oxygen atoms in total. The van der Waals surface area contributed by atoms with Gasteiger partial charge in [-0.1, -0.05) is 41.6 Å². The van der Waals surface area contributed by atoms with Crippen LogP contribution in [0, 0.1) is 24.1 Å². The van der Waals surface area contributed by atoms with E-state index in [4.69, 9.17) is 4.42 Å². The molecule has 1 N–H and O–H groups in total. The fourth-order valence-electron chi connectivity index (χ4n) is 3.42. The molecule has 2 aromatic carbocycles. The normalized spacial score (nSPS) is 17.1. The molecule has 0 bridgehead atoms. The van der Waals surface area contributed by atoms with Crippen molar-refractivity contribution in [2.75, 3.05) is 4.90 Å². The van der Waals surface area contributed by atoms with Crippen molar-refractivity contribution in [3.8, 4) is 6.07 Å². The molecule has 4 rings (SSSR count). The van der Waals surface area contributed by atoms with Crippen LogP contribution >= 0.6 is 11.8 Å². The monoisotopic (exact) mass is 461 g/mol. The van der Waals surface area contributed by atoms with Gasteiger partial charge in [0.05, 0.1) is 18.1 Å². The smallest absolute Gasteiger partial charge is 0.265 e. The lowest BCUT2D eigenvalue weighted by Crippen LogP contribution is -2.32. The first kappa shape index (κ1) is 22.4. The summed E-state index contributed by atoms with van der Waals surface area (Å²) in [7, 11) is 0. The minimum absolute atomic E-state index is 0.118. The largest absolute Gasteiger partial charge is 0.467 e. The number of rotatable bonds is 6. The highest BCUT2D eigenvalue weighted by Crippen LogP contribution is 2.42. The molecule has 1 aliphatic rings. The summed E-state index contributed by atoms with van der Waals surface area (Å²) in [4.78, 5) is 27.7. The van der Waals surface area contributed by atoms with Gasteiger partial charge in [-0.05, 0) is 55.3 Å². The second-order valence-corrected chi connectivity index (χ2v) is 8.69. The number of nitrogens with zero attached hydrogens (tertiary/aromatic N) is 2. The minimum Gasteiger partial charge on any atom is -0.467 e. The average molecular weight is 462 g/mol. The molecule has 8 heteroatoms. The molecular formula is C25H20FN3O3S. The Morgan fingerprint density at radius 1 is 1.18 bits per heavy atom. The van der Waals surface area contributed by atoms with Crippen molar-refractivity contribution in [3.63, 3.8) is 0 Å². The molecular weight excluding hydrogens is 441 g/mol. The van der Waals surface area contributed by atoms with Crippen molar-refractivity contribution in [2.24, 2.45) is 0 Å². The number of furan rings is 1. The van der Waals surface area contributed by atoms with E-state index in [0.717, 1.165) is 22.9 Å². The lowest BCUT2D eigenvalue weighted by atomic mass is 10.1. The van der Waals surface area contributed by atoms with Gasteiger partial charge in [0.25, 0.3) is 5.91 Å². The zero-order chi connectivity index (χ0) is 23.4. The summed E-state index contributed by atoms with van der Waals surface area (Å²) in [5, 5.41) is 12.2. The lowest BCUT2D eigenvalue weighted by molar-refractivity contribution is -0.117. The molecule has 2 heterocycles. The van der Waals surface area contributed by atoms with Crippen LogP contribution in [0.15, 0.2) is 81.9 Å². The van der Waals surface area contributed by atoms with Crippen LogP contribution in [0.3, 0.4) is 0 Å². The Hall–Kier alpha value is -3.83. The van der Waals surface area contributed by atoms with E-state index in [1.54, 1.807) is 36.4 Å². The topological polar surface area (TPSA) is 86.3 Å². The number of thioether (sulfide) groups is 1. The van der Waals surface area contributed by atoms with Gasteiger partial charge in [0.15, 0.2) is 0 Å². The lowest BCUT2D eigenvalue weighted by Gasteiger charge is -2.19. The number of carbonyl (C=O) groups is 2. The third kappa shape index (κ3) is 4.99. The van der Waals surface area contributed by atoms with Gasteiger partial charge in [-0.2, -0.15) is 5.26 Å². The number of halogens is 1. The summed E-state index contributed by atoms with van der Waals surface area (Å²) in [6.45, 7) is 2.05. The summed E-state index contributed by atoms with van der Waals surface area (Å²) < 4.78 is 18.5. The van der Waals surface area contributed by atoms with Crippen molar-refractivity contribution in [1.82, 2.24) is 5.32 Å². The summed E-state index contributed by atoms with van der Waals surface area (Å²) in [5.74, 6) is -0.644.